The van der Waals surface area contributed by atoms with Gasteiger partial charge in [-0.05, 0) is 148 Å². The van der Waals surface area contributed by atoms with Crippen LogP contribution in [0.3, 0.4) is 0 Å². The van der Waals surface area contributed by atoms with E-state index < -0.39 is 11.8 Å². The second-order valence-corrected chi connectivity index (χ2v) is 20.6. The standard InChI is InChI=1S/C53H61F3N10O4.C2H6.H2/c1-4-36-41(54)8-7-34-22-31(2)23-39(45(34)36)47-46(56)48-40(26-57-47)49(65-16-5-6-32(27-65)13-21-67)60-51(59-48)70-30-53(14-15-53)29-63-17-11-35(28-63)64-18-9-33(10-19-64)37-25-43-38(24-42(37)55)50(61-62(43)3)66-20-12-44(68)58-52(66)69;1-2;/h7-8,22-26,32-33,35,67H,4-6,9-21,27-30H2,1-3H3,(H,58,68,69);1-2H3;1H/t32-,35?;;/m1../s1. The number of benzene rings is 3. The van der Waals surface area contributed by atoms with Crippen LogP contribution in [0.25, 0.3) is 43.8 Å². The minimum Gasteiger partial charge on any atom is -0.463 e. The van der Waals surface area contributed by atoms with Gasteiger partial charge in [0.1, 0.15) is 28.7 Å². The molecule has 1 saturated carbocycles. The van der Waals surface area contributed by atoms with Crippen LogP contribution in [0.15, 0.2) is 42.6 Å². The number of halogens is 3. The van der Waals surface area contributed by atoms with Gasteiger partial charge in [-0.15, -0.1) is 0 Å². The van der Waals surface area contributed by atoms with Gasteiger partial charge in [-0.25, -0.2) is 18.0 Å². The number of anilines is 2. The Hall–Kier alpha value is -5.91. The van der Waals surface area contributed by atoms with Crippen molar-refractivity contribution in [3.63, 3.8) is 0 Å². The number of carbonyl (C=O) groups is 2. The largest absolute Gasteiger partial charge is 0.463 e. The monoisotopic (exact) mass is 991 g/mol. The average Bonchev–Trinajstić information content (AvgIpc) is 3.86. The summed E-state index contributed by atoms with van der Waals surface area (Å²) in [6.45, 7) is 14.5. The molecule has 17 heteroatoms. The molecule has 3 aromatic carbocycles. The van der Waals surface area contributed by atoms with Crippen molar-refractivity contribution in [1.82, 2.24) is 39.8 Å². The molecular formula is C55H69F3N10O4. The first kappa shape index (κ1) is 49.7. The number of urea groups is 1. The van der Waals surface area contributed by atoms with E-state index in [-0.39, 0.29) is 73.0 Å². The Labute approximate surface area is 420 Å². The lowest BCUT2D eigenvalue weighted by Gasteiger charge is -2.36. The molecule has 72 heavy (non-hydrogen) atoms. The van der Waals surface area contributed by atoms with Gasteiger partial charge in [0.05, 0.1) is 17.5 Å². The lowest BCUT2D eigenvalue weighted by molar-refractivity contribution is -0.120. The molecule has 384 valence electrons. The number of nitrogens with zero attached hydrogens (tertiary/aromatic N) is 9. The molecule has 0 spiro atoms. The average molecular weight is 991 g/mol. The molecule has 3 aromatic heterocycles. The Morgan fingerprint density at radius 2 is 1.72 bits per heavy atom. The third kappa shape index (κ3) is 9.59. The number of amides is 3. The number of hydrogen-bond acceptors (Lipinski definition) is 11. The van der Waals surface area contributed by atoms with Crippen LogP contribution in [0.5, 0.6) is 6.01 Å². The fraction of sp³-hybridized carbons (Fsp3) is 0.527. The number of aryl methyl sites for hydroxylation is 3. The number of piperidine rings is 2. The van der Waals surface area contributed by atoms with Crippen molar-refractivity contribution in [3.8, 4) is 17.3 Å². The number of fused-ring (bicyclic) bond motifs is 3. The van der Waals surface area contributed by atoms with Crippen molar-refractivity contribution in [2.24, 2.45) is 18.4 Å². The lowest BCUT2D eigenvalue weighted by atomic mass is 9.88. The highest BCUT2D eigenvalue weighted by Gasteiger charge is 2.47. The number of likely N-dealkylation sites (tertiary alicyclic amines) is 2. The van der Waals surface area contributed by atoms with Crippen molar-refractivity contribution < 1.29 is 34.0 Å². The molecule has 7 heterocycles. The number of nitrogens with one attached hydrogen (secondary N) is 1. The van der Waals surface area contributed by atoms with E-state index in [0.717, 1.165) is 101 Å². The smallest absolute Gasteiger partial charge is 0.329 e. The Bertz CT molecular complexity index is 3030. The van der Waals surface area contributed by atoms with Crippen LogP contribution in [-0.4, -0.2) is 123 Å². The summed E-state index contributed by atoms with van der Waals surface area (Å²) in [6, 6.07) is 10.4. The van der Waals surface area contributed by atoms with E-state index in [0.29, 0.717) is 76.5 Å². The summed E-state index contributed by atoms with van der Waals surface area (Å²) in [5.41, 5.74) is 3.54. The third-order valence-electron chi connectivity index (χ3n) is 15.9. The molecule has 2 atom stereocenters. The van der Waals surface area contributed by atoms with Crippen LogP contribution in [0.4, 0.5) is 29.6 Å². The maximum absolute atomic E-state index is 17.3. The molecule has 2 N–H and O–H groups in total. The molecule has 3 amide bonds. The lowest BCUT2D eigenvalue weighted by Crippen LogP contribution is -2.49. The Morgan fingerprint density at radius 1 is 0.917 bits per heavy atom. The van der Waals surface area contributed by atoms with Gasteiger partial charge < -0.3 is 19.6 Å². The summed E-state index contributed by atoms with van der Waals surface area (Å²) >= 11 is 0. The van der Waals surface area contributed by atoms with Crippen molar-refractivity contribution in [2.75, 3.05) is 75.4 Å². The molecule has 5 fully saturated rings. The molecule has 0 bridgehead atoms. The summed E-state index contributed by atoms with van der Waals surface area (Å²) in [7, 11) is 1.79. The Balaban J connectivity index is 0.00000216. The molecule has 14 nitrogen and oxygen atoms in total. The molecule has 6 aromatic rings. The zero-order valence-corrected chi connectivity index (χ0v) is 42.2. The first-order valence-corrected chi connectivity index (χ1v) is 26.2. The van der Waals surface area contributed by atoms with E-state index in [1.54, 1.807) is 24.0 Å². The zero-order valence-electron chi connectivity index (χ0n) is 42.2. The molecule has 0 radical (unpaired) electrons. The minimum atomic E-state index is -0.597. The van der Waals surface area contributed by atoms with Crippen molar-refractivity contribution >= 4 is 56.2 Å². The highest BCUT2D eigenvalue weighted by molar-refractivity contribution is 6.09. The van der Waals surface area contributed by atoms with Crippen LogP contribution in [0.2, 0.25) is 0 Å². The Morgan fingerprint density at radius 3 is 2.47 bits per heavy atom. The van der Waals surface area contributed by atoms with Crippen molar-refractivity contribution in [2.45, 2.75) is 104 Å². The van der Waals surface area contributed by atoms with Gasteiger partial charge in [0.25, 0.3) is 0 Å². The van der Waals surface area contributed by atoms with Gasteiger partial charge in [-0.2, -0.15) is 15.1 Å². The topological polar surface area (TPSA) is 145 Å². The van der Waals surface area contributed by atoms with Gasteiger partial charge in [-0.1, -0.05) is 32.9 Å². The first-order chi connectivity index (χ1) is 34.9. The minimum absolute atomic E-state index is 0. The maximum atomic E-state index is 17.3. The summed E-state index contributed by atoms with van der Waals surface area (Å²) < 4.78 is 56.7. The van der Waals surface area contributed by atoms with Crippen LogP contribution in [-0.2, 0) is 18.3 Å². The summed E-state index contributed by atoms with van der Waals surface area (Å²) in [5.74, 6) is -0.305. The van der Waals surface area contributed by atoms with E-state index in [2.05, 4.69) is 25.1 Å². The van der Waals surface area contributed by atoms with Crippen molar-refractivity contribution in [1.29, 1.82) is 0 Å². The second kappa shape index (κ2) is 20.5. The Kier molecular flexibility index (Phi) is 14.2. The number of aromatic nitrogens is 5. The van der Waals surface area contributed by atoms with Crippen LogP contribution in [0, 0.1) is 35.7 Å². The van der Waals surface area contributed by atoms with Gasteiger partial charge in [0.15, 0.2) is 11.6 Å². The van der Waals surface area contributed by atoms with E-state index in [1.165, 1.54) is 17.0 Å². The second-order valence-electron chi connectivity index (χ2n) is 20.6. The molecule has 1 aliphatic carbocycles. The van der Waals surface area contributed by atoms with Crippen LogP contribution < -0.4 is 19.9 Å². The number of rotatable bonds is 13. The molecule has 5 aliphatic rings. The molecule has 11 rings (SSSR count). The number of pyridine rings is 1. The zero-order chi connectivity index (χ0) is 50.4. The predicted octanol–water partition coefficient (Wildman–Crippen LogP) is 9.45. The van der Waals surface area contributed by atoms with Gasteiger partial charge in [0.2, 0.25) is 5.91 Å². The number of ether oxygens (including phenoxy) is 1. The number of aliphatic hydroxyl groups is 1. The summed E-state index contributed by atoms with van der Waals surface area (Å²) in [5, 5.41) is 19.2. The summed E-state index contributed by atoms with van der Waals surface area (Å²) in [4.78, 5) is 47.5. The molecule has 4 aliphatic heterocycles. The fourth-order valence-corrected chi connectivity index (χ4v) is 12.0. The number of carbonyl (C=O) groups excluding carboxylic acids is 2. The molecule has 1 unspecified atom stereocenters. The van der Waals surface area contributed by atoms with E-state index in [9.17, 15) is 14.7 Å². The number of imide groups is 1. The van der Waals surface area contributed by atoms with Crippen LogP contribution in [0.1, 0.15) is 103 Å². The molecule has 4 saturated heterocycles. The first-order valence-electron chi connectivity index (χ1n) is 26.2. The number of aliphatic hydroxyl groups excluding tert-OH is 1. The van der Waals surface area contributed by atoms with Gasteiger partial charge in [0, 0.05) is 82.8 Å². The summed E-state index contributed by atoms with van der Waals surface area (Å²) in [6.07, 6.45) is 9.57. The van der Waals surface area contributed by atoms with Crippen LogP contribution >= 0.6 is 0 Å². The van der Waals surface area contributed by atoms with Gasteiger partial charge >= 0.3 is 12.0 Å². The number of hydrogen-bond donors (Lipinski definition) is 2. The predicted molar refractivity (Wildman–Crippen MR) is 276 cm³/mol. The van der Waals surface area contributed by atoms with E-state index in [4.69, 9.17) is 19.7 Å². The van der Waals surface area contributed by atoms with E-state index >= 15 is 13.2 Å². The fourth-order valence-electron chi connectivity index (χ4n) is 12.0. The van der Waals surface area contributed by atoms with E-state index in [1.807, 2.05) is 45.9 Å². The SMILES string of the molecule is CC.CCc1c(F)ccc2cc(C)cc(-c3ncc4c(N5CCC[C@H](CCO)C5)nc(OCC5(CN6CCC(N7CCC(c8cc9c(cc8F)c(N8CCC(=O)NC8=O)nn9C)CC7)C6)CC5)nc4c3F)c12.[HH]. The normalized spacial score (nSPS) is 20.9. The van der Waals surface area contributed by atoms with Gasteiger partial charge in [-0.3, -0.25) is 29.6 Å². The molecular weight excluding hydrogens is 922 g/mol. The maximum Gasteiger partial charge on any atom is 0.329 e. The highest BCUT2D eigenvalue weighted by Crippen LogP contribution is 2.48. The third-order valence-corrected chi connectivity index (χ3v) is 15.9. The quantitative estimate of drug-likeness (QED) is 0.114. The van der Waals surface area contributed by atoms with Crippen molar-refractivity contribution in [3.05, 3.63) is 76.7 Å². The highest BCUT2D eigenvalue weighted by atomic mass is 19.1.